The van der Waals surface area contributed by atoms with E-state index in [1.807, 2.05) is 25.1 Å². The van der Waals surface area contributed by atoms with Crippen molar-refractivity contribution in [2.45, 2.75) is 19.8 Å². The Balaban J connectivity index is 1.71. The quantitative estimate of drug-likeness (QED) is 0.806. The third kappa shape index (κ3) is 2.05. The minimum absolute atomic E-state index is 0.131. The first-order valence-electron chi connectivity index (χ1n) is 6.39. The van der Waals surface area contributed by atoms with Gasteiger partial charge in [0.05, 0.1) is 0 Å². The fraction of sp³-hybridized carbons (Fsp3) is 0.400. The molecule has 1 N–H and O–H groups in total. The third-order valence-corrected chi connectivity index (χ3v) is 4.46. The molecule has 3 rings (SSSR count). The second-order valence-electron chi connectivity index (χ2n) is 5.34. The fourth-order valence-corrected chi connectivity index (χ4v) is 3.17. The number of allylic oxidation sites excluding steroid dienone is 2. The Morgan fingerprint density at radius 2 is 2.17 bits per heavy atom. The molecule has 94 valence electrons. The molecular formula is C15H16ClNO. The Bertz CT molecular complexity index is 523. The van der Waals surface area contributed by atoms with Gasteiger partial charge in [0.15, 0.2) is 0 Å². The molecule has 0 spiro atoms. The van der Waals surface area contributed by atoms with Gasteiger partial charge in [0.2, 0.25) is 5.91 Å². The molecule has 3 unspecified atom stereocenters. The predicted octanol–water partition coefficient (Wildman–Crippen LogP) is 3.80. The van der Waals surface area contributed by atoms with Crippen molar-refractivity contribution < 1.29 is 4.79 Å². The van der Waals surface area contributed by atoms with E-state index in [2.05, 4.69) is 17.5 Å². The van der Waals surface area contributed by atoms with Crippen LogP contribution in [0, 0.1) is 24.7 Å². The minimum atomic E-state index is 0.131. The highest BCUT2D eigenvalue weighted by molar-refractivity contribution is 6.31. The zero-order chi connectivity index (χ0) is 12.7. The number of nitrogens with one attached hydrogen (secondary N) is 1. The highest BCUT2D eigenvalue weighted by Crippen LogP contribution is 2.43. The Morgan fingerprint density at radius 3 is 2.78 bits per heavy atom. The molecule has 2 bridgehead atoms. The summed E-state index contributed by atoms with van der Waals surface area (Å²) >= 11 is 6.06. The van der Waals surface area contributed by atoms with Crippen LogP contribution in [0.4, 0.5) is 5.69 Å². The van der Waals surface area contributed by atoms with Gasteiger partial charge in [0.1, 0.15) is 0 Å². The van der Waals surface area contributed by atoms with Gasteiger partial charge >= 0.3 is 0 Å². The standard InChI is InChI=1S/C15H16ClNO/c1-9-2-5-12(8-14(9)16)17-15(18)13-7-10-3-4-11(13)6-10/h2-5,8,10-11,13H,6-7H2,1H3,(H,17,18). The highest BCUT2D eigenvalue weighted by Gasteiger charge is 2.39. The van der Waals surface area contributed by atoms with Crippen LogP contribution in [0.3, 0.4) is 0 Å². The number of rotatable bonds is 2. The van der Waals surface area contributed by atoms with Crippen molar-refractivity contribution in [1.82, 2.24) is 0 Å². The summed E-state index contributed by atoms with van der Waals surface area (Å²) in [6.07, 6.45) is 6.58. The lowest BCUT2D eigenvalue weighted by molar-refractivity contribution is -0.120. The molecule has 3 atom stereocenters. The van der Waals surface area contributed by atoms with Gasteiger partial charge < -0.3 is 5.32 Å². The molecule has 0 saturated heterocycles. The maximum Gasteiger partial charge on any atom is 0.228 e. The second-order valence-corrected chi connectivity index (χ2v) is 5.75. The summed E-state index contributed by atoms with van der Waals surface area (Å²) in [5, 5.41) is 3.67. The Hall–Kier alpha value is -1.28. The summed E-state index contributed by atoms with van der Waals surface area (Å²) in [5.74, 6) is 1.33. The van der Waals surface area contributed by atoms with Crippen LogP contribution < -0.4 is 5.32 Å². The van der Waals surface area contributed by atoms with Gasteiger partial charge in [-0.05, 0) is 49.3 Å². The third-order valence-electron chi connectivity index (χ3n) is 4.06. The summed E-state index contributed by atoms with van der Waals surface area (Å²) in [7, 11) is 0. The Morgan fingerprint density at radius 1 is 1.33 bits per heavy atom. The number of carbonyl (C=O) groups excluding carboxylic acids is 1. The Labute approximate surface area is 112 Å². The number of anilines is 1. The van der Waals surface area contributed by atoms with Crippen LogP contribution in [0.15, 0.2) is 30.4 Å². The smallest absolute Gasteiger partial charge is 0.228 e. The zero-order valence-corrected chi connectivity index (χ0v) is 11.1. The van der Waals surface area contributed by atoms with E-state index >= 15 is 0 Å². The van der Waals surface area contributed by atoms with Crippen LogP contribution in [0.25, 0.3) is 0 Å². The molecule has 1 aromatic rings. The molecule has 2 aliphatic carbocycles. The molecule has 2 aliphatic rings. The molecule has 2 nitrogen and oxygen atoms in total. The lowest BCUT2D eigenvalue weighted by Gasteiger charge is -2.17. The molecule has 0 aromatic heterocycles. The molecule has 1 aromatic carbocycles. The molecule has 0 heterocycles. The highest BCUT2D eigenvalue weighted by atomic mass is 35.5. The number of benzene rings is 1. The van der Waals surface area contributed by atoms with Gasteiger partial charge in [-0.1, -0.05) is 29.8 Å². The van der Waals surface area contributed by atoms with Crippen LogP contribution in [-0.4, -0.2) is 5.91 Å². The summed E-state index contributed by atoms with van der Waals surface area (Å²) in [4.78, 5) is 12.2. The number of carbonyl (C=O) groups is 1. The lowest BCUT2D eigenvalue weighted by atomic mass is 9.93. The molecule has 18 heavy (non-hydrogen) atoms. The molecule has 0 radical (unpaired) electrons. The van der Waals surface area contributed by atoms with E-state index in [1.54, 1.807) is 0 Å². The zero-order valence-electron chi connectivity index (χ0n) is 10.3. The fourth-order valence-electron chi connectivity index (χ4n) is 2.99. The number of fused-ring (bicyclic) bond motifs is 2. The van der Waals surface area contributed by atoms with Crippen molar-refractivity contribution in [3.8, 4) is 0 Å². The van der Waals surface area contributed by atoms with Crippen molar-refractivity contribution in [2.75, 3.05) is 5.32 Å². The number of hydrogen-bond acceptors (Lipinski definition) is 1. The van der Waals surface area contributed by atoms with E-state index in [4.69, 9.17) is 11.6 Å². The largest absolute Gasteiger partial charge is 0.326 e. The summed E-state index contributed by atoms with van der Waals surface area (Å²) < 4.78 is 0. The van der Waals surface area contributed by atoms with Crippen molar-refractivity contribution in [2.24, 2.45) is 17.8 Å². The first kappa shape index (κ1) is 11.8. The van der Waals surface area contributed by atoms with Crippen LogP contribution in [0.5, 0.6) is 0 Å². The van der Waals surface area contributed by atoms with E-state index < -0.39 is 0 Å². The molecule has 1 amide bonds. The SMILES string of the molecule is Cc1ccc(NC(=O)C2CC3C=CC2C3)cc1Cl. The Kier molecular flexibility index (Phi) is 2.90. The second kappa shape index (κ2) is 4.43. The summed E-state index contributed by atoms with van der Waals surface area (Å²) in [6, 6.07) is 5.65. The van der Waals surface area contributed by atoms with Gasteiger partial charge in [-0.2, -0.15) is 0 Å². The number of amides is 1. The van der Waals surface area contributed by atoms with Crippen LogP contribution >= 0.6 is 11.6 Å². The molecule has 3 heteroatoms. The van der Waals surface area contributed by atoms with Crippen LogP contribution in [0.1, 0.15) is 18.4 Å². The predicted molar refractivity (Wildman–Crippen MR) is 73.7 cm³/mol. The van der Waals surface area contributed by atoms with Crippen molar-refractivity contribution in [1.29, 1.82) is 0 Å². The van der Waals surface area contributed by atoms with Crippen LogP contribution in [-0.2, 0) is 4.79 Å². The first-order valence-corrected chi connectivity index (χ1v) is 6.76. The molecule has 1 saturated carbocycles. The molecule has 1 fully saturated rings. The average molecular weight is 262 g/mol. The van der Waals surface area contributed by atoms with E-state index in [-0.39, 0.29) is 11.8 Å². The monoisotopic (exact) mass is 261 g/mol. The first-order chi connectivity index (χ1) is 8.63. The van der Waals surface area contributed by atoms with E-state index in [0.29, 0.717) is 16.9 Å². The van der Waals surface area contributed by atoms with E-state index in [9.17, 15) is 4.79 Å². The molecule has 0 aliphatic heterocycles. The van der Waals surface area contributed by atoms with Gasteiger partial charge in [0, 0.05) is 16.6 Å². The van der Waals surface area contributed by atoms with Gasteiger partial charge in [-0.25, -0.2) is 0 Å². The average Bonchev–Trinajstić information content (AvgIpc) is 2.96. The summed E-state index contributed by atoms with van der Waals surface area (Å²) in [5.41, 5.74) is 1.82. The lowest BCUT2D eigenvalue weighted by Crippen LogP contribution is -2.25. The normalized spacial score (nSPS) is 28.7. The molecular weight excluding hydrogens is 246 g/mol. The maximum atomic E-state index is 12.2. The number of hydrogen-bond donors (Lipinski definition) is 1. The van der Waals surface area contributed by atoms with E-state index in [1.165, 1.54) is 0 Å². The topological polar surface area (TPSA) is 29.1 Å². The maximum absolute atomic E-state index is 12.2. The van der Waals surface area contributed by atoms with Gasteiger partial charge in [-0.3, -0.25) is 4.79 Å². The van der Waals surface area contributed by atoms with Crippen molar-refractivity contribution >= 4 is 23.2 Å². The summed E-state index contributed by atoms with van der Waals surface area (Å²) in [6.45, 7) is 1.95. The van der Waals surface area contributed by atoms with Gasteiger partial charge in [-0.15, -0.1) is 0 Å². The number of halogens is 1. The minimum Gasteiger partial charge on any atom is -0.326 e. The van der Waals surface area contributed by atoms with Gasteiger partial charge in [0.25, 0.3) is 0 Å². The van der Waals surface area contributed by atoms with Crippen LogP contribution in [0.2, 0.25) is 5.02 Å². The number of aryl methyl sites for hydroxylation is 1. The van der Waals surface area contributed by atoms with Crippen molar-refractivity contribution in [3.63, 3.8) is 0 Å². The van der Waals surface area contributed by atoms with Crippen molar-refractivity contribution in [3.05, 3.63) is 40.9 Å². The van der Waals surface area contributed by atoms with E-state index in [0.717, 1.165) is 24.1 Å².